The van der Waals surface area contributed by atoms with Crippen LogP contribution < -0.4 is 5.32 Å². The predicted octanol–water partition coefficient (Wildman–Crippen LogP) is 4.55. The average molecular weight is 292 g/mol. The van der Waals surface area contributed by atoms with Crippen molar-refractivity contribution in [1.29, 1.82) is 0 Å². The third kappa shape index (κ3) is 3.81. The van der Waals surface area contributed by atoms with Gasteiger partial charge in [-0.1, -0.05) is 55.8 Å². The van der Waals surface area contributed by atoms with Gasteiger partial charge in [-0.05, 0) is 23.8 Å². The molecule has 0 unspecified atom stereocenters. The van der Waals surface area contributed by atoms with Gasteiger partial charge in [0.2, 0.25) is 0 Å². The summed E-state index contributed by atoms with van der Waals surface area (Å²) in [7, 11) is 0. The molecular weight excluding hydrogens is 273 g/mol. The number of hydrogen-bond donors (Lipinski definition) is 1. The number of rotatable bonds is 5. The highest BCUT2D eigenvalue weighted by Gasteiger charge is 2.19. The fraction of sp³-hybridized carbons (Fsp3) is 0.294. The molecule has 0 aliphatic rings. The summed E-state index contributed by atoms with van der Waals surface area (Å²) in [5.41, 5.74) is 1.86. The maximum atomic E-state index is 13.6. The topological polar surface area (TPSA) is 12.0 Å². The van der Waals surface area contributed by atoms with Crippen LogP contribution in [0.25, 0.3) is 0 Å². The van der Waals surface area contributed by atoms with E-state index >= 15 is 0 Å². The summed E-state index contributed by atoms with van der Waals surface area (Å²) < 4.78 is 13.6. The molecule has 0 atom stereocenters. The van der Waals surface area contributed by atoms with Gasteiger partial charge in [0.15, 0.2) is 0 Å². The van der Waals surface area contributed by atoms with Crippen molar-refractivity contribution < 1.29 is 4.39 Å². The van der Waals surface area contributed by atoms with Gasteiger partial charge in [0, 0.05) is 29.1 Å². The fourth-order valence-electron chi connectivity index (χ4n) is 2.18. The van der Waals surface area contributed by atoms with Crippen LogP contribution in [0.5, 0.6) is 0 Å². The quantitative estimate of drug-likeness (QED) is 0.852. The minimum atomic E-state index is -0.223. The molecule has 1 N–H and O–H groups in total. The Kier molecular flexibility index (Phi) is 4.79. The molecule has 3 heteroatoms. The number of nitrogens with one attached hydrogen (secondary N) is 1. The van der Waals surface area contributed by atoms with E-state index in [4.69, 9.17) is 11.6 Å². The van der Waals surface area contributed by atoms with Gasteiger partial charge >= 0.3 is 0 Å². The third-order valence-electron chi connectivity index (χ3n) is 3.45. The second-order valence-corrected chi connectivity index (χ2v) is 6.03. The molecule has 106 valence electrons. The van der Waals surface area contributed by atoms with Gasteiger partial charge < -0.3 is 5.32 Å². The van der Waals surface area contributed by atoms with E-state index in [9.17, 15) is 4.39 Å². The lowest BCUT2D eigenvalue weighted by Gasteiger charge is -2.26. The van der Waals surface area contributed by atoms with E-state index in [1.165, 1.54) is 11.6 Å². The monoisotopic (exact) mass is 291 g/mol. The maximum absolute atomic E-state index is 13.6. The SMILES string of the molecule is CC(C)(CNCc1cc(Cl)ccc1F)c1ccccc1. The van der Waals surface area contributed by atoms with Crippen LogP contribution in [-0.2, 0) is 12.0 Å². The van der Waals surface area contributed by atoms with Crippen molar-refractivity contribution in [2.24, 2.45) is 0 Å². The average Bonchev–Trinajstić information content (AvgIpc) is 2.43. The van der Waals surface area contributed by atoms with Gasteiger partial charge in [-0.25, -0.2) is 4.39 Å². The summed E-state index contributed by atoms with van der Waals surface area (Å²) in [6.07, 6.45) is 0. The predicted molar refractivity (Wildman–Crippen MR) is 82.6 cm³/mol. The van der Waals surface area contributed by atoms with Gasteiger partial charge in [-0.3, -0.25) is 0 Å². The maximum Gasteiger partial charge on any atom is 0.127 e. The molecule has 0 aromatic heterocycles. The van der Waals surface area contributed by atoms with Crippen molar-refractivity contribution in [3.8, 4) is 0 Å². The Morgan fingerprint density at radius 2 is 1.80 bits per heavy atom. The lowest BCUT2D eigenvalue weighted by atomic mass is 9.84. The van der Waals surface area contributed by atoms with E-state index in [-0.39, 0.29) is 11.2 Å². The van der Waals surface area contributed by atoms with Crippen molar-refractivity contribution in [3.05, 3.63) is 70.5 Å². The molecule has 2 aromatic rings. The molecule has 0 saturated heterocycles. The first-order valence-electron chi connectivity index (χ1n) is 6.69. The molecule has 0 spiro atoms. The number of hydrogen-bond acceptors (Lipinski definition) is 1. The lowest BCUT2D eigenvalue weighted by molar-refractivity contribution is 0.464. The van der Waals surface area contributed by atoms with E-state index in [0.717, 1.165) is 6.54 Å². The summed E-state index contributed by atoms with van der Waals surface area (Å²) in [5, 5.41) is 3.87. The molecule has 0 amide bonds. The summed E-state index contributed by atoms with van der Waals surface area (Å²) in [6.45, 7) is 5.58. The summed E-state index contributed by atoms with van der Waals surface area (Å²) in [5.74, 6) is -0.223. The van der Waals surface area contributed by atoms with Crippen LogP contribution in [-0.4, -0.2) is 6.54 Å². The Morgan fingerprint density at radius 1 is 1.10 bits per heavy atom. The smallest absolute Gasteiger partial charge is 0.127 e. The highest BCUT2D eigenvalue weighted by atomic mass is 35.5. The Bertz CT molecular complexity index is 566. The zero-order valence-electron chi connectivity index (χ0n) is 11.8. The molecular formula is C17H19ClFN. The molecule has 0 radical (unpaired) electrons. The van der Waals surface area contributed by atoms with E-state index in [2.05, 4.69) is 31.3 Å². The Balaban J connectivity index is 1.97. The highest BCUT2D eigenvalue weighted by Crippen LogP contribution is 2.22. The van der Waals surface area contributed by atoms with E-state index in [0.29, 0.717) is 17.1 Å². The summed E-state index contributed by atoms with van der Waals surface area (Å²) in [6, 6.07) is 14.9. The molecule has 0 heterocycles. The minimum Gasteiger partial charge on any atom is -0.312 e. The van der Waals surface area contributed by atoms with Crippen LogP contribution in [0.4, 0.5) is 4.39 Å². The fourth-order valence-corrected chi connectivity index (χ4v) is 2.37. The molecule has 0 saturated carbocycles. The normalized spacial score (nSPS) is 11.6. The van der Waals surface area contributed by atoms with Gasteiger partial charge in [-0.2, -0.15) is 0 Å². The van der Waals surface area contributed by atoms with Gasteiger partial charge in [0.05, 0.1) is 0 Å². The summed E-state index contributed by atoms with van der Waals surface area (Å²) >= 11 is 5.89. The zero-order valence-corrected chi connectivity index (χ0v) is 12.5. The van der Waals surface area contributed by atoms with Crippen LogP contribution in [0.2, 0.25) is 5.02 Å². The van der Waals surface area contributed by atoms with Gasteiger partial charge in [-0.15, -0.1) is 0 Å². The Hall–Kier alpha value is -1.38. The molecule has 0 bridgehead atoms. The first-order valence-corrected chi connectivity index (χ1v) is 7.07. The van der Waals surface area contributed by atoms with Crippen molar-refractivity contribution in [2.45, 2.75) is 25.8 Å². The van der Waals surface area contributed by atoms with Crippen LogP contribution in [0.15, 0.2) is 48.5 Å². The van der Waals surface area contributed by atoms with Crippen LogP contribution in [0.1, 0.15) is 25.0 Å². The van der Waals surface area contributed by atoms with Crippen molar-refractivity contribution in [3.63, 3.8) is 0 Å². The van der Waals surface area contributed by atoms with E-state index in [1.807, 2.05) is 18.2 Å². The first kappa shape index (κ1) is 15.0. The van der Waals surface area contributed by atoms with E-state index in [1.54, 1.807) is 12.1 Å². The van der Waals surface area contributed by atoms with Gasteiger partial charge in [0.25, 0.3) is 0 Å². The molecule has 0 fully saturated rings. The summed E-state index contributed by atoms with van der Waals surface area (Å²) in [4.78, 5) is 0. The molecule has 0 aliphatic heterocycles. The van der Waals surface area contributed by atoms with Crippen molar-refractivity contribution in [1.82, 2.24) is 5.32 Å². The van der Waals surface area contributed by atoms with Gasteiger partial charge in [0.1, 0.15) is 5.82 Å². The zero-order chi connectivity index (χ0) is 14.6. The van der Waals surface area contributed by atoms with Crippen molar-refractivity contribution in [2.75, 3.05) is 6.54 Å². The van der Waals surface area contributed by atoms with Crippen LogP contribution >= 0.6 is 11.6 Å². The largest absolute Gasteiger partial charge is 0.312 e. The second-order valence-electron chi connectivity index (χ2n) is 5.59. The molecule has 20 heavy (non-hydrogen) atoms. The Morgan fingerprint density at radius 3 is 2.50 bits per heavy atom. The number of benzene rings is 2. The van der Waals surface area contributed by atoms with E-state index < -0.39 is 0 Å². The van der Waals surface area contributed by atoms with Crippen LogP contribution in [0.3, 0.4) is 0 Å². The molecule has 1 nitrogen and oxygen atoms in total. The highest BCUT2D eigenvalue weighted by molar-refractivity contribution is 6.30. The molecule has 0 aliphatic carbocycles. The molecule has 2 rings (SSSR count). The van der Waals surface area contributed by atoms with Crippen LogP contribution in [0, 0.1) is 5.82 Å². The minimum absolute atomic E-state index is 0.00366. The first-order chi connectivity index (χ1) is 9.49. The number of halogens is 2. The van der Waals surface area contributed by atoms with Crippen molar-refractivity contribution >= 4 is 11.6 Å². The third-order valence-corrected chi connectivity index (χ3v) is 3.68. The lowest BCUT2D eigenvalue weighted by Crippen LogP contribution is -2.32. The standard InChI is InChI=1S/C17H19ClFN/c1-17(2,14-6-4-3-5-7-14)12-20-11-13-10-15(18)8-9-16(13)19/h3-10,20H,11-12H2,1-2H3. The Labute approximate surface area is 124 Å². The second kappa shape index (κ2) is 6.38. The molecule has 2 aromatic carbocycles.